The molecule has 144 valence electrons. The van der Waals surface area contributed by atoms with Crippen LogP contribution < -0.4 is 9.47 Å². The number of carboxylic acid groups (broad SMARTS) is 1. The highest BCUT2D eigenvalue weighted by molar-refractivity contribution is 6.12. The summed E-state index contributed by atoms with van der Waals surface area (Å²) in [6.07, 6.45) is 1.60. The van der Waals surface area contributed by atoms with Crippen molar-refractivity contribution in [1.29, 1.82) is 5.26 Å². The smallest absolute Gasteiger partial charge is 0.325 e. The third kappa shape index (κ3) is 3.08. The van der Waals surface area contributed by atoms with Gasteiger partial charge >= 0.3 is 5.97 Å². The summed E-state index contributed by atoms with van der Waals surface area (Å²) in [6.45, 7) is -0.298. The lowest BCUT2D eigenvalue weighted by Crippen LogP contribution is -2.10. The van der Waals surface area contributed by atoms with Gasteiger partial charge in [0.1, 0.15) is 12.2 Å². The molecule has 0 atom stereocenters. The molecule has 4 aromatic rings. The van der Waals surface area contributed by atoms with Crippen molar-refractivity contribution in [1.82, 2.24) is 14.8 Å². The van der Waals surface area contributed by atoms with Gasteiger partial charge in [0.05, 0.1) is 43.1 Å². The minimum Gasteiger partial charge on any atom is -0.493 e. The molecule has 0 amide bonds. The zero-order chi connectivity index (χ0) is 20.5. The van der Waals surface area contributed by atoms with Crippen molar-refractivity contribution in [3.63, 3.8) is 0 Å². The largest absolute Gasteiger partial charge is 0.493 e. The third-order valence-corrected chi connectivity index (χ3v) is 4.66. The Morgan fingerprint density at radius 2 is 1.86 bits per heavy atom. The highest BCUT2D eigenvalue weighted by Gasteiger charge is 2.19. The maximum atomic E-state index is 11.3. The molecule has 8 nitrogen and oxygen atoms in total. The van der Waals surface area contributed by atoms with Gasteiger partial charge in [0.15, 0.2) is 11.5 Å². The van der Waals surface area contributed by atoms with Gasteiger partial charge in [-0.1, -0.05) is 12.1 Å². The highest BCUT2D eigenvalue weighted by Crippen LogP contribution is 2.38. The Morgan fingerprint density at radius 3 is 2.48 bits per heavy atom. The lowest BCUT2D eigenvalue weighted by molar-refractivity contribution is -0.137. The lowest BCUT2D eigenvalue weighted by Gasteiger charge is -2.10. The minimum atomic E-state index is -1.01. The van der Waals surface area contributed by atoms with Gasteiger partial charge in [-0.2, -0.15) is 10.4 Å². The topological polar surface area (TPSA) is 110 Å². The van der Waals surface area contributed by atoms with Crippen LogP contribution in [0.25, 0.3) is 33.1 Å². The van der Waals surface area contributed by atoms with Crippen molar-refractivity contribution in [2.45, 2.75) is 6.54 Å². The maximum Gasteiger partial charge on any atom is 0.325 e. The Kier molecular flexibility index (Phi) is 4.49. The molecule has 0 bridgehead atoms. The van der Waals surface area contributed by atoms with Crippen molar-refractivity contribution < 1.29 is 19.4 Å². The molecule has 0 radical (unpaired) electrons. The highest BCUT2D eigenvalue weighted by atomic mass is 16.5. The summed E-state index contributed by atoms with van der Waals surface area (Å²) in [4.78, 5) is 15.8. The normalized spacial score (nSPS) is 10.8. The van der Waals surface area contributed by atoms with Crippen molar-refractivity contribution in [3.05, 3.63) is 48.2 Å². The molecule has 2 heterocycles. The number of pyridine rings is 1. The van der Waals surface area contributed by atoms with E-state index in [4.69, 9.17) is 14.7 Å². The van der Waals surface area contributed by atoms with E-state index in [2.05, 4.69) is 16.2 Å². The summed E-state index contributed by atoms with van der Waals surface area (Å²) in [5.41, 5.74) is 3.15. The molecule has 29 heavy (non-hydrogen) atoms. The van der Waals surface area contributed by atoms with E-state index in [0.717, 1.165) is 16.3 Å². The molecule has 0 saturated carbocycles. The van der Waals surface area contributed by atoms with E-state index in [-0.39, 0.29) is 6.54 Å². The van der Waals surface area contributed by atoms with E-state index in [0.29, 0.717) is 33.8 Å². The molecular weight excluding hydrogens is 372 g/mol. The summed E-state index contributed by atoms with van der Waals surface area (Å²) in [5.74, 6) is 0.0731. The average molecular weight is 388 g/mol. The molecule has 1 N–H and O–H groups in total. The minimum absolute atomic E-state index is 0.298. The molecule has 0 aliphatic carbocycles. The fourth-order valence-electron chi connectivity index (χ4n) is 3.33. The standard InChI is InChI=1S/C21H16N4O4/c1-28-17-7-14-15(8-18(17)29-2)23-10-16-20(14)21(24-25(16)11-19(26)27)13-5-3-12(9-22)4-6-13/h3-8,10H,11H2,1-2H3,(H,26,27). The van der Waals surface area contributed by atoms with E-state index < -0.39 is 5.97 Å². The first-order valence-corrected chi connectivity index (χ1v) is 8.69. The zero-order valence-corrected chi connectivity index (χ0v) is 15.7. The van der Waals surface area contributed by atoms with Gasteiger partial charge in [-0.3, -0.25) is 14.5 Å². The van der Waals surface area contributed by atoms with Crippen LogP contribution in [0.3, 0.4) is 0 Å². The van der Waals surface area contributed by atoms with Crippen molar-refractivity contribution in [2.24, 2.45) is 0 Å². The van der Waals surface area contributed by atoms with Gasteiger partial charge in [-0.05, 0) is 18.2 Å². The van der Waals surface area contributed by atoms with E-state index in [1.54, 1.807) is 50.7 Å². The third-order valence-electron chi connectivity index (χ3n) is 4.66. The summed E-state index contributed by atoms with van der Waals surface area (Å²) < 4.78 is 12.2. The molecule has 0 fully saturated rings. The first-order valence-electron chi connectivity index (χ1n) is 8.69. The molecule has 2 aromatic carbocycles. The summed E-state index contributed by atoms with van der Waals surface area (Å²) in [5, 5.41) is 24.4. The monoisotopic (exact) mass is 388 g/mol. The first-order chi connectivity index (χ1) is 14.0. The van der Waals surface area contributed by atoms with Gasteiger partial charge in [-0.15, -0.1) is 0 Å². The van der Waals surface area contributed by atoms with E-state index >= 15 is 0 Å². The van der Waals surface area contributed by atoms with Crippen molar-refractivity contribution >= 4 is 27.8 Å². The van der Waals surface area contributed by atoms with E-state index in [9.17, 15) is 9.90 Å². The Morgan fingerprint density at radius 1 is 1.17 bits per heavy atom. The van der Waals surface area contributed by atoms with Crippen LogP contribution in [0.4, 0.5) is 0 Å². The van der Waals surface area contributed by atoms with Crippen molar-refractivity contribution in [3.8, 4) is 28.8 Å². The van der Waals surface area contributed by atoms with Crippen LogP contribution in [-0.2, 0) is 11.3 Å². The second-order valence-corrected chi connectivity index (χ2v) is 6.33. The van der Waals surface area contributed by atoms with Crippen LogP contribution in [-0.4, -0.2) is 40.1 Å². The average Bonchev–Trinajstić information content (AvgIpc) is 3.10. The molecule has 8 heteroatoms. The Hall–Kier alpha value is -4.12. The fraction of sp³-hybridized carbons (Fsp3) is 0.143. The lowest BCUT2D eigenvalue weighted by atomic mass is 10.0. The number of aromatic nitrogens is 3. The van der Waals surface area contributed by atoms with E-state index in [1.165, 1.54) is 4.68 Å². The molecule has 0 aliphatic heterocycles. The number of methoxy groups -OCH3 is 2. The van der Waals surface area contributed by atoms with Crippen LogP contribution in [0.5, 0.6) is 11.5 Å². The number of carbonyl (C=O) groups is 1. The number of hydrogen-bond acceptors (Lipinski definition) is 6. The predicted molar refractivity (Wildman–Crippen MR) is 106 cm³/mol. The quantitative estimate of drug-likeness (QED) is 0.559. The SMILES string of the molecule is COc1cc2ncc3c(c(-c4ccc(C#N)cc4)nn3CC(=O)O)c2cc1OC. The molecular formula is C21H16N4O4. The molecule has 0 unspecified atom stereocenters. The van der Waals surface area contributed by atoms with Gasteiger partial charge < -0.3 is 14.6 Å². The van der Waals surface area contributed by atoms with Crippen molar-refractivity contribution in [2.75, 3.05) is 14.2 Å². The summed E-state index contributed by atoms with van der Waals surface area (Å²) in [6, 6.07) is 12.6. The Labute approximate surface area is 165 Å². The Balaban J connectivity index is 2.08. The molecule has 0 spiro atoms. The molecule has 0 aliphatic rings. The van der Waals surface area contributed by atoms with E-state index in [1.807, 2.05) is 6.07 Å². The summed E-state index contributed by atoms with van der Waals surface area (Å²) in [7, 11) is 3.10. The number of benzene rings is 2. The molecule has 0 saturated heterocycles. The number of fused-ring (bicyclic) bond motifs is 3. The number of nitrogens with zero attached hydrogens (tertiary/aromatic N) is 4. The van der Waals surface area contributed by atoms with Gasteiger partial charge in [0.25, 0.3) is 0 Å². The maximum absolute atomic E-state index is 11.3. The predicted octanol–water partition coefficient (Wildman–Crippen LogP) is 3.22. The molecule has 4 rings (SSSR count). The first kappa shape index (κ1) is 18.3. The van der Waals surface area contributed by atoms with Gasteiger partial charge in [0.2, 0.25) is 0 Å². The number of carboxylic acids is 1. The fourth-order valence-corrected chi connectivity index (χ4v) is 3.33. The van der Waals surface area contributed by atoms with Gasteiger partial charge in [-0.25, -0.2) is 0 Å². The number of rotatable bonds is 5. The number of nitriles is 1. The van der Waals surface area contributed by atoms with Crippen LogP contribution >= 0.6 is 0 Å². The summed E-state index contributed by atoms with van der Waals surface area (Å²) >= 11 is 0. The number of aliphatic carboxylic acids is 1. The van der Waals surface area contributed by atoms with Crippen LogP contribution in [0.2, 0.25) is 0 Å². The van der Waals surface area contributed by atoms with Crippen LogP contribution in [0.15, 0.2) is 42.6 Å². The van der Waals surface area contributed by atoms with Crippen LogP contribution in [0.1, 0.15) is 5.56 Å². The second kappa shape index (κ2) is 7.13. The Bertz CT molecular complexity index is 1290. The van der Waals surface area contributed by atoms with Gasteiger partial charge in [0, 0.05) is 22.4 Å². The molecule has 2 aromatic heterocycles. The van der Waals surface area contributed by atoms with Crippen LogP contribution in [0, 0.1) is 11.3 Å². The number of ether oxygens (including phenoxy) is 2. The number of hydrogen-bond donors (Lipinski definition) is 1. The second-order valence-electron chi connectivity index (χ2n) is 6.33. The zero-order valence-electron chi connectivity index (χ0n) is 15.7.